The molecule has 90 valence electrons. The fraction of sp³-hybridized carbons (Fsp3) is 0.286. The zero-order valence-electron chi connectivity index (χ0n) is 9.87. The summed E-state index contributed by atoms with van der Waals surface area (Å²) in [6.45, 7) is 2.05. The summed E-state index contributed by atoms with van der Waals surface area (Å²) < 4.78 is 5.34. The number of hydrogen-bond acceptors (Lipinski definition) is 3. The van der Waals surface area contributed by atoms with E-state index < -0.39 is 0 Å². The first-order valence-corrected chi connectivity index (χ1v) is 6.77. The Morgan fingerprint density at radius 2 is 1.94 bits per heavy atom. The van der Waals surface area contributed by atoms with Crippen LogP contribution >= 0.6 is 11.8 Å². The summed E-state index contributed by atoms with van der Waals surface area (Å²) in [5, 5.41) is 0.307. The predicted octanol–water partition coefficient (Wildman–Crippen LogP) is 3.60. The topological polar surface area (TPSA) is 39.2 Å². The van der Waals surface area contributed by atoms with Crippen LogP contribution in [-0.2, 0) is 5.75 Å². The van der Waals surface area contributed by atoms with Gasteiger partial charge in [0.2, 0.25) is 0 Å². The van der Waals surface area contributed by atoms with Gasteiger partial charge in [0.05, 0.1) is 12.0 Å². The molecule has 1 aromatic heterocycles. The van der Waals surface area contributed by atoms with Crippen molar-refractivity contribution in [1.82, 2.24) is 0 Å². The highest BCUT2D eigenvalue weighted by atomic mass is 32.2. The smallest absolute Gasteiger partial charge is 0.113 e. The van der Waals surface area contributed by atoms with E-state index in [1.165, 1.54) is 5.56 Å². The SMILES string of the molecule is CC(N)C(SCc1ccco1)c1ccccc1. The van der Waals surface area contributed by atoms with Gasteiger partial charge < -0.3 is 10.2 Å². The van der Waals surface area contributed by atoms with Gasteiger partial charge in [-0.3, -0.25) is 0 Å². The molecule has 0 radical (unpaired) electrons. The monoisotopic (exact) mass is 247 g/mol. The molecule has 0 aliphatic heterocycles. The van der Waals surface area contributed by atoms with Crippen molar-refractivity contribution in [2.24, 2.45) is 5.73 Å². The Morgan fingerprint density at radius 1 is 1.18 bits per heavy atom. The molecule has 0 spiro atoms. The van der Waals surface area contributed by atoms with Crippen LogP contribution in [-0.4, -0.2) is 6.04 Å². The van der Waals surface area contributed by atoms with Gasteiger partial charge in [-0.15, -0.1) is 11.8 Å². The third kappa shape index (κ3) is 3.38. The zero-order chi connectivity index (χ0) is 12.1. The molecule has 0 fully saturated rings. The Morgan fingerprint density at radius 3 is 2.53 bits per heavy atom. The van der Waals surface area contributed by atoms with Crippen molar-refractivity contribution in [3.05, 3.63) is 60.1 Å². The van der Waals surface area contributed by atoms with Gasteiger partial charge in [0.1, 0.15) is 5.76 Å². The Hall–Kier alpha value is -1.19. The number of thioether (sulfide) groups is 1. The van der Waals surface area contributed by atoms with Crippen molar-refractivity contribution in [2.45, 2.75) is 24.0 Å². The molecule has 0 saturated heterocycles. The molecule has 1 heterocycles. The molecule has 17 heavy (non-hydrogen) atoms. The number of benzene rings is 1. The maximum Gasteiger partial charge on any atom is 0.113 e. The molecule has 0 aliphatic rings. The first-order valence-electron chi connectivity index (χ1n) is 5.72. The molecule has 3 heteroatoms. The quantitative estimate of drug-likeness (QED) is 0.877. The minimum absolute atomic E-state index is 0.123. The highest BCUT2D eigenvalue weighted by Gasteiger charge is 2.16. The molecule has 1 aromatic carbocycles. The van der Waals surface area contributed by atoms with Gasteiger partial charge in [-0.2, -0.15) is 0 Å². The van der Waals surface area contributed by atoms with Gasteiger partial charge in [0, 0.05) is 11.3 Å². The fourth-order valence-corrected chi connectivity index (χ4v) is 2.92. The minimum atomic E-state index is 0.123. The third-order valence-electron chi connectivity index (χ3n) is 2.59. The Bertz CT molecular complexity index is 425. The summed E-state index contributed by atoms with van der Waals surface area (Å²) in [6.07, 6.45) is 1.71. The normalized spacial score (nSPS) is 14.5. The second-order valence-corrected chi connectivity index (χ2v) is 5.21. The molecule has 0 bridgehead atoms. The van der Waals surface area contributed by atoms with E-state index in [1.807, 2.05) is 36.9 Å². The van der Waals surface area contributed by atoms with E-state index in [0.29, 0.717) is 5.25 Å². The number of hydrogen-bond donors (Lipinski definition) is 1. The van der Waals surface area contributed by atoms with Crippen LogP contribution in [0.5, 0.6) is 0 Å². The van der Waals surface area contributed by atoms with Crippen molar-refractivity contribution in [1.29, 1.82) is 0 Å². The summed E-state index contributed by atoms with van der Waals surface area (Å²) in [6, 6.07) is 14.4. The van der Waals surface area contributed by atoms with Crippen LogP contribution in [0, 0.1) is 0 Å². The average Bonchev–Trinajstić information content (AvgIpc) is 2.83. The lowest BCUT2D eigenvalue weighted by molar-refractivity contribution is 0.530. The van der Waals surface area contributed by atoms with Gasteiger partial charge in [-0.1, -0.05) is 30.3 Å². The average molecular weight is 247 g/mol. The van der Waals surface area contributed by atoms with Crippen LogP contribution < -0.4 is 5.73 Å². The molecule has 2 N–H and O–H groups in total. The number of furan rings is 1. The summed E-state index contributed by atoms with van der Waals surface area (Å²) in [5.41, 5.74) is 7.33. The van der Waals surface area contributed by atoms with E-state index in [4.69, 9.17) is 10.2 Å². The van der Waals surface area contributed by atoms with Gasteiger partial charge in [-0.05, 0) is 24.6 Å². The highest BCUT2D eigenvalue weighted by molar-refractivity contribution is 7.98. The predicted molar refractivity (Wildman–Crippen MR) is 72.8 cm³/mol. The molecule has 0 amide bonds. The molecule has 0 aliphatic carbocycles. The standard InChI is InChI=1S/C14H17NOS/c1-11(15)14(12-6-3-2-4-7-12)17-10-13-8-5-9-16-13/h2-9,11,14H,10,15H2,1H3. The minimum Gasteiger partial charge on any atom is -0.468 e. The van der Waals surface area contributed by atoms with Gasteiger partial charge in [0.15, 0.2) is 0 Å². The number of nitrogens with two attached hydrogens (primary N) is 1. The largest absolute Gasteiger partial charge is 0.468 e. The molecular weight excluding hydrogens is 230 g/mol. The first kappa shape index (κ1) is 12.3. The number of rotatable bonds is 5. The third-order valence-corrected chi connectivity index (χ3v) is 4.10. The lowest BCUT2D eigenvalue weighted by Gasteiger charge is -2.20. The molecule has 2 unspecified atom stereocenters. The maximum absolute atomic E-state index is 6.06. The van der Waals surface area contributed by atoms with Crippen LogP contribution in [0.3, 0.4) is 0 Å². The van der Waals surface area contributed by atoms with Crippen LogP contribution in [0.1, 0.15) is 23.5 Å². The summed E-state index contributed by atoms with van der Waals surface area (Å²) >= 11 is 1.82. The summed E-state index contributed by atoms with van der Waals surface area (Å²) in [4.78, 5) is 0. The van der Waals surface area contributed by atoms with Gasteiger partial charge in [0.25, 0.3) is 0 Å². The lowest BCUT2D eigenvalue weighted by Crippen LogP contribution is -2.22. The fourth-order valence-electron chi connectivity index (χ4n) is 1.76. The summed E-state index contributed by atoms with van der Waals surface area (Å²) in [7, 11) is 0. The maximum atomic E-state index is 6.06. The second-order valence-electron chi connectivity index (χ2n) is 4.08. The van der Waals surface area contributed by atoms with Crippen molar-refractivity contribution < 1.29 is 4.42 Å². The molecule has 2 atom stereocenters. The van der Waals surface area contributed by atoms with E-state index in [-0.39, 0.29) is 6.04 Å². The molecular formula is C14H17NOS. The van der Waals surface area contributed by atoms with E-state index in [1.54, 1.807) is 6.26 Å². The van der Waals surface area contributed by atoms with E-state index in [0.717, 1.165) is 11.5 Å². The van der Waals surface area contributed by atoms with Crippen LogP contribution in [0.4, 0.5) is 0 Å². The highest BCUT2D eigenvalue weighted by Crippen LogP contribution is 2.33. The van der Waals surface area contributed by atoms with E-state index in [9.17, 15) is 0 Å². The van der Waals surface area contributed by atoms with Crippen LogP contribution in [0.25, 0.3) is 0 Å². The van der Waals surface area contributed by atoms with Gasteiger partial charge >= 0.3 is 0 Å². The Kier molecular flexibility index (Phi) is 4.29. The second kappa shape index (κ2) is 5.94. The molecule has 2 rings (SSSR count). The Labute approximate surface area is 106 Å². The van der Waals surface area contributed by atoms with Crippen LogP contribution in [0.15, 0.2) is 53.1 Å². The van der Waals surface area contributed by atoms with Crippen molar-refractivity contribution in [3.63, 3.8) is 0 Å². The first-order chi connectivity index (χ1) is 8.27. The lowest BCUT2D eigenvalue weighted by atomic mass is 10.1. The van der Waals surface area contributed by atoms with Crippen molar-refractivity contribution >= 4 is 11.8 Å². The molecule has 0 saturated carbocycles. The zero-order valence-corrected chi connectivity index (χ0v) is 10.7. The molecule has 2 aromatic rings. The van der Waals surface area contributed by atoms with Crippen molar-refractivity contribution in [3.8, 4) is 0 Å². The molecule has 2 nitrogen and oxygen atoms in total. The van der Waals surface area contributed by atoms with E-state index in [2.05, 4.69) is 24.3 Å². The van der Waals surface area contributed by atoms with Gasteiger partial charge in [-0.25, -0.2) is 0 Å². The summed E-state index contributed by atoms with van der Waals surface area (Å²) in [5.74, 6) is 1.85. The Balaban J connectivity index is 2.03. The van der Waals surface area contributed by atoms with Crippen molar-refractivity contribution in [2.75, 3.05) is 0 Å². The van der Waals surface area contributed by atoms with Crippen LogP contribution in [0.2, 0.25) is 0 Å². The van der Waals surface area contributed by atoms with E-state index >= 15 is 0 Å².